The fourth-order valence-corrected chi connectivity index (χ4v) is 1.98. The first-order chi connectivity index (χ1) is 6.18. The van der Waals surface area contributed by atoms with Gasteiger partial charge in [0.2, 0.25) is 0 Å². The molecule has 72 valence electrons. The van der Waals surface area contributed by atoms with Crippen LogP contribution >= 0.6 is 0 Å². The van der Waals surface area contributed by atoms with E-state index in [1.54, 1.807) is 0 Å². The van der Waals surface area contributed by atoms with E-state index < -0.39 is 11.4 Å². The van der Waals surface area contributed by atoms with Crippen molar-refractivity contribution in [3.05, 3.63) is 0 Å². The second-order valence-electron chi connectivity index (χ2n) is 3.78. The van der Waals surface area contributed by atoms with Crippen molar-refractivity contribution in [1.29, 1.82) is 0 Å². The van der Waals surface area contributed by atoms with Crippen LogP contribution in [0.5, 0.6) is 0 Å². The minimum atomic E-state index is -1.20. The van der Waals surface area contributed by atoms with Crippen LogP contribution in [0.25, 0.3) is 0 Å². The summed E-state index contributed by atoms with van der Waals surface area (Å²) in [7, 11) is 0. The van der Waals surface area contributed by atoms with Crippen LogP contribution in [-0.4, -0.2) is 30.1 Å². The zero-order chi connectivity index (χ0) is 9.47. The van der Waals surface area contributed by atoms with Crippen molar-refractivity contribution in [2.24, 2.45) is 11.3 Å². The zero-order valence-electron chi connectivity index (χ0n) is 7.28. The minimum absolute atomic E-state index is 0.0257. The summed E-state index contributed by atoms with van der Waals surface area (Å²) < 4.78 is 5.12. The van der Waals surface area contributed by atoms with E-state index in [1.165, 1.54) is 0 Å². The first-order valence-corrected chi connectivity index (χ1v) is 4.52. The standard InChI is InChI=1S/C9H12O4/c10-7-3-4-13-5-9(7,8(11)12)6-1-2-6/h6H,1-5H2,(H,11,12). The van der Waals surface area contributed by atoms with Crippen LogP contribution in [0.4, 0.5) is 0 Å². The molecule has 1 saturated heterocycles. The van der Waals surface area contributed by atoms with Crippen LogP contribution in [0.1, 0.15) is 19.3 Å². The summed E-state index contributed by atoms with van der Waals surface area (Å²) in [5, 5.41) is 9.07. The molecule has 0 aromatic rings. The Balaban J connectivity index is 2.28. The average Bonchev–Trinajstić information content (AvgIpc) is 2.88. The Morgan fingerprint density at radius 1 is 1.54 bits per heavy atom. The SMILES string of the molecule is O=C(O)C1(C2CC2)COCCC1=O. The molecule has 1 heterocycles. The van der Waals surface area contributed by atoms with Crippen molar-refractivity contribution in [3.63, 3.8) is 0 Å². The smallest absolute Gasteiger partial charge is 0.319 e. The molecule has 0 spiro atoms. The first-order valence-electron chi connectivity index (χ1n) is 4.52. The van der Waals surface area contributed by atoms with Crippen molar-refractivity contribution >= 4 is 11.8 Å². The molecule has 2 fully saturated rings. The Bertz CT molecular complexity index is 256. The molecule has 1 aliphatic heterocycles. The summed E-state index contributed by atoms with van der Waals surface area (Å²) in [6.07, 6.45) is 1.95. The predicted octanol–water partition coefficient (Wildman–Crippen LogP) is 0.457. The number of rotatable bonds is 2. The maximum atomic E-state index is 11.6. The molecule has 4 nitrogen and oxygen atoms in total. The van der Waals surface area contributed by atoms with E-state index in [9.17, 15) is 9.59 Å². The summed E-state index contributed by atoms with van der Waals surface area (Å²) in [5.74, 6) is -1.12. The van der Waals surface area contributed by atoms with Crippen molar-refractivity contribution in [2.75, 3.05) is 13.2 Å². The molecule has 2 aliphatic rings. The quantitative estimate of drug-likeness (QED) is 0.633. The van der Waals surface area contributed by atoms with E-state index in [1.807, 2.05) is 0 Å². The van der Waals surface area contributed by atoms with Gasteiger partial charge in [-0.1, -0.05) is 0 Å². The molecule has 0 amide bonds. The maximum absolute atomic E-state index is 11.6. The lowest BCUT2D eigenvalue weighted by molar-refractivity contribution is -0.166. The maximum Gasteiger partial charge on any atom is 0.319 e. The van der Waals surface area contributed by atoms with Crippen LogP contribution in [-0.2, 0) is 14.3 Å². The van der Waals surface area contributed by atoms with E-state index in [0.717, 1.165) is 12.8 Å². The highest BCUT2D eigenvalue weighted by molar-refractivity contribution is 6.04. The molecule has 0 bridgehead atoms. The van der Waals surface area contributed by atoms with Gasteiger partial charge in [0.1, 0.15) is 0 Å². The monoisotopic (exact) mass is 184 g/mol. The molecule has 0 radical (unpaired) electrons. The van der Waals surface area contributed by atoms with Crippen molar-refractivity contribution < 1.29 is 19.4 Å². The number of hydrogen-bond acceptors (Lipinski definition) is 3. The lowest BCUT2D eigenvalue weighted by Crippen LogP contribution is -2.48. The molecule has 4 heteroatoms. The second-order valence-corrected chi connectivity index (χ2v) is 3.78. The molecule has 1 N–H and O–H groups in total. The highest BCUT2D eigenvalue weighted by Crippen LogP contribution is 2.48. The molecular weight excluding hydrogens is 172 g/mol. The van der Waals surface area contributed by atoms with Crippen LogP contribution in [0.15, 0.2) is 0 Å². The Labute approximate surface area is 75.9 Å². The molecule has 1 saturated carbocycles. The normalized spacial score (nSPS) is 34.6. The number of hydrogen-bond donors (Lipinski definition) is 1. The third-order valence-electron chi connectivity index (χ3n) is 2.96. The highest BCUT2D eigenvalue weighted by atomic mass is 16.5. The van der Waals surface area contributed by atoms with Gasteiger partial charge in [-0.15, -0.1) is 0 Å². The summed E-state index contributed by atoms with van der Waals surface area (Å²) in [6.45, 7) is 0.451. The molecular formula is C9H12O4. The number of Topliss-reactive ketones (excluding diaryl/α,β-unsaturated/α-hetero) is 1. The van der Waals surface area contributed by atoms with Crippen LogP contribution < -0.4 is 0 Å². The Morgan fingerprint density at radius 2 is 2.23 bits per heavy atom. The number of ether oxygens (including phenoxy) is 1. The fraction of sp³-hybridized carbons (Fsp3) is 0.778. The van der Waals surface area contributed by atoms with E-state index in [4.69, 9.17) is 9.84 Å². The topological polar surface area (TPSA) is 63.6 Å². The Hall–Kier alpha value is -0.900. The summed E-state index contributed by atoms with van der Waals surface area (Å²) in [5.41, 5.74) is -1.20. The summed E-state index contributed by atoms with van der Waals surface area (Å²) in [6, 6.07) is 0. The number of carboxylic acid groups (broad SMARTS) is 1. The zero-order valence-corrected chi connectivity index (χ0v) is 7.28. The summed E-state index contributed by atoms with van der Waals surface area (Å²) in [4.78, 5) is 22.6. The molecule has 13 heavy (non-hydrogen) atoms. The lowest BCUT2D eigenvalue weighted by Gasteiger charge is -2.31. The molecule has 2 rings (SSSR count). The van der Waals surface area contributed by atoms with Gasteiger partial charge in [-0.25, -0.2) is 0 Å². The molecule has 0 aromatic heterocycles. The van der Waals surface area contributed by atoms with Gasteiger partial charge in [-0.3, -0.25) is 9.59 Å². The largest absolute Gasteiger partial charge is 0.480 e. The van der Waals surface area contributed by atoms with Gasteiger partial charge in [0, 0.05) is 6.42 Å². The predicted molar refractivity (Wildman–Crippen MR) is 43.2 cm³/mol. The van der Waals surface area contributed by atoms with Gasteiger partial charge in [0.15, 0.2) is 11.2 Å². The third-order valence-corrected chi connectivity index (χ3v) is 2.96. The molecule has 1 unspecified atom stereocenters. The van der Waals surface area contributed by atoms with Crippen molar-refractivity contribution in [1.82, 2.24) is 0 Å². The van der Waals surface area contributed by atoms with Gasteiger partial charge in [-0.2, -0.15) is 0 Å². The number of aliphatic carboxylic acids is 1. The van der Waals surface area contributed by atoms with E-state index in [2.05, 4.69) is 0 Å². The van der Waals surface area contributed by atoms with E-state index >= 15 is 0 Å². The molecule has 1 atom stereocenters. The first kappa shape index (κ1) is 8.69. The van der Waals surface area contributed by atoms with Crippen molar-refractivity contribution in [2.45, 2.75) is 19.3 Å². The Kier molecular flexibility index (Phi) is 1.87. The van der Waals surface area contributed by atoms with Crippen LogP contribution in [0.3, 0.4) is 0 Å². The van der Waals surface area contributed by atoms with Gasteiger partial charge in [0.25, 0.3) is 0 Å². The van der Waals surface area contributed by atoms with Gasteiger partial charge in [0.05, 0.1) is 13.2 Å². The number of carbonyl (C=O) groups is 2. The lowest BCUT2D eigenvalue weighted by atomic mass is 9.77. The van der Waals surface area contributed by atoms with Crippen molar-refractivity contribution in [3.8, 4) is 0 Å². The van der Waals surface area contributed by atoms with Crippen LogP contribution in [0.2, 0.25) is 0 Å². The number of carbonyl (C=O) groups excluding carboxylic acids is 1. The van der Waals surface area contributed by atoms with Crippen LogP contribution in [0, 0.1) is 11.3 Å². The number of carboxylic acids is 1. The van der Waals surface area contributed by atoms with Gasteiger partial charge >= 0.3 is 5.97 Å². The van der Waals surface area contributed by atoms with E-state index in [-0.39, 0.29) is 24.7 Å². The van der Waals surface area contributed by atoms with Gasteiger partial charge in [-0.05, 0) is 18.8 Å². The average molecular weight is 184 g/mol. The minimum Gasteiger partial charge on any atom is -0.480 e. The number of ketones is 1. The molecule has 0 aromatic carbocycles. The highest BCUT2D eigenvalue weighted by Gasteiger charge is 2.57. The van der Waals surface area contributed by atoms with Gasteiger partial charge < -0.3 is 9.84 Å². The second kappa shape index (κ2) is 2.80. The summed E-state index contributed by atoms with van der Waals surface area (Å²) >= 11 is 0. The fourth-order valence-electron chi connectivity index (χ4n) is 1.98. The molecule has 1 aliphatic carbocycles. The third kappa shape index (κ3) is 1.16. The Morgan fingerprint density at radius 3 is 2.69 bits per heavy atom. The van der Waals surface area contributed by atoms with E-state index in [0.29, 0.717) is 6.61 Å².